The summed E-state index contributed by atoms with van der Waals surface area (Å²) in [5, 5.41) is 0. The molecule has 1 rings (SSSR count). The smallest absolute Gasteiger partial charge is 0.342 e. The van der Waals surface area contributed by atoms with Crippen LogP contribution >= 0.6 is 0 Å². The maximum atomic E-state index is 11.6. The number of pyridine rings is 1. The number of hydrogen-bond acceptors (Lipinski definition) is 4. The van der Waals surface area contributed by atoms with Crippen molar-refractivity contribution < 1.29 is 9.53 Å². The summed E-state index contributed by atoms with van der Waals surface area (Å²) in [6.45, 7) is 3.91. The lowest BCUT2D eigenvalue weighted by Gasteiger charge is -2.12. The SMILES string of the molecule is CCC[C@H](C)OC(=O)c1cnccc1N. The van der Waals surface area contributed by atoms with Gasteiger partial charge in [0.2, 0.25) is 0 Å². The fourth-order valence-corrected chi connectivity index (χ4v) is 1.29. The van der Waals surface area contributed by atoms with Crippen LogP contribution in [0.25, 0.3) is 0 Å². The standard InChI is InChI=1S/C11H16N2O2/c1-3-4-8(2)15-11(14)9-7-13-6-5-10(9)12/h5-8H,3-4H2,1-2H3,(H2,12,13)/t8-/m0/s1. The summed E-state index contributed by atoms with van der Waals surface area (Å²) in [5.41, 5.74) is 6.37. The Hall–Kier alpha value is -1.58. The van der Waals surface area contributed by atoms with Gasteiger partial charge in [0.25, 0.3) is 0 Å². The molecule has 0 fully saturated rings. The van der Waals surface area contributed by atoms with Crippen molar-refractivity contribution >= 4 is 11.7 Å². The normalized spacial score (nSPS) is 12.1. The molecule has 0 radical (unpaired) electrons. The van der Waals surface area contributed by atoms with E-state index in [2.05, 4.69) is 4.98 Å². The van der Waals surface area contributed by atoms with Crippen molar-refractivity contribution in [3.8, 4) is 0 Å². The van der Waals surface area contributed by atoms with Gasteiger partial charge in [-0.05, 0) is 19.4 Å². The van der Waals surface area contributed by atoms with Crippen molar-refractivity contribution in [1.29, 1.82) is 0 Å². The molecule has 0 saturated heterocycles. The number of nitrogens with two attached hydrogens (primary N) is 1. The molecule has 1 aromatic heterocycles. The van der Waals surface area contributed by atoms with Gasteiger partial charge < -0.3 is 10.5 Å². The van der Waals surface area contributed by atoms with E-state index >= 15 is 0 Å². The molecule has 4 nitrogen and oxygen atoms in total. The topological polar surface area (TPSA) is 65.2 Å². The molecular weight excluding hydrogens is 192 g/mol. The van der Waals surface area contributed by atoms with Crippen LogP contribution in [0.15, 0.2) is 18.5 Å². The van der Waals surface area contributed by atoms with E-state index in [1.54, 1.807) is 12.3 Å². The highest BCUT2D eigenvalue weighted by molar-refractivity contribution is 5.94. The summed E-state index contributed by atoms with van der Waals surface area (Å²) >= 11 is 0. The Bertz CT molecular complexity index is 339. The van der Waals surface area contributed by atoms with Crippen molar-refractivity contribution in [2.24, 2.45) is 0 Å². The van der Waals surface area contributed by atoms with Crippen LogP contribution in [0, 0.1) is 0 Å². The number of esters is 1. The zero-order chi connectivity index (χ0) is 11.3. The zero-order valence-corrected chi connectivity index (χ0v) is 9.06. The van der Waals surface area contributed by atoms with Gasteiger partial charge in [-0.15, -0.1) is 0 Å². The van der Waals surface area contributed by atoms with Crippen molar-refractivity contribution in [3.05, 3.63) is 24.0 Å². The minimum atomic E-state index is -0.401. The Labute approximate surface area is 89.5 Å². The predicted octanol–water partition coefficient (Wildman–Crippen LogP) is 2.01. The van der Waals surface area contributed by atoms with Gasteiger partial charge in [-0.25, -0.2) is 4.79 Å². The van der Waals surface area contributed by atoms with Crippen LogP contribution in [0.5, 0.6) is 0 Å². The number of aromatic nitrogens is 1. The first kappa shape index (κ1) is 11.5. The highest BCUT2D eigenvalue weighted by atomic mass is 16.5. The summed E-state index contributed by atoms with van der Waals surface area (Å²) in [4.78, 5) is 15.4. The minimum absolute atomic E-state index is 0.0814. The molecule has 4 heteroatoms. The zero-order valence-electron chi connectivity index (χ0n) is 9.06. The van der Waals surface area contributed by atoms with E-state index in [0.29, 0.717) is 11.3 Å². The largest absolute Gasteiger partial charge is 0.459 e. The van der Waals surface area contributed by atoms with Gasteiger partial charge in [-0.2, -0.15) is 0 Å². The summed E-state index contributed by atoms with van der Waals surface area (Å²) < 4.78 is 5.20. The van der Waals surface area contributed by atoms with Crippen LogP contribution in [-0.2, 0) is 4.74 Å². The average molecular weight is 208 g/mol. The molecule has 0 aliphatic rings. The molecule has 0 amide bonds. The fraction of sp³-hybridized carbons (Fsp3) is 0.455. The summed E-state index contributed by atoms with van der Waals surface area (Å²) in [5.74, 6) is -0.401. The Kier molecular flexibility index (Phi) is 4.09. The average Bonchev–Trinajstić information content (AvgIpc) is 2.18. The van der Waals surface area contributed by atoms with E-state index < -0.39 is 5.97 Å². The van der Waals surface area contributed by atoms with Crippen LogP contribution in [-0.4, -0.2) is 17.1 Å². The number of nitrogens with zero attached hydrogens (tertiary/aromatic N) is 1. The molecule has 0 bridgehead atoms. The predicted molar refractivity (Wildman–Crippen MR) is 58.4 cm³/mol. The van der Waals surface area contributed by atoms with Gasteiger partial charge in [-0.1, -0.05) is 13.3 Å². The highest BCUT2D eigenvalue weighted by Crippen LogP contribution is 2.12. The Balaban J connectivity index is 2.65. The molecule has 0 aliphatic carbocycles. The van der Waals surface area contributed by atoms with Gasteiger partial charge in [0, 0.05) is 18.1 Å². The maximum absolute atomic E-state index is 11.6. The molecule has 2 N–H and O–H groups in total. The van der Waals surface area contributed by atoms with Gasteiger partial charge in [0.1, 0.15) is 5.56 Å². The van der Waals surface area contributed by atoms with Crippen molar-refractivity contribution in [1.82, 2.24) is 4.98 Å². The Morgan fingerprint density at radius 3 is 3.00 bits per heavy atom. The van der Waals surface area contributed by atoms with Crippen LogP contribution in [0.3, 0.4) is 0 Å². The lowest BCUT2D eigenvalue weighted by atomic mass is 10.2. The van der Waals surface area contributed by atoms with E-state index in [0.717, 1.165) is 12.8 Å². The maximum Gasteiger partial charge on any atom is 0.342 e. The van der Waals surface area contributed by atoms with Gasteiger partial charge >= 0.3 is 5.97 Å². The van der Waals surface area contributed by atoms with Gasteiger partial charge in [-0.3, -0.25) is 4.98 Å². The van der Waals surface area contributed by atoms with Crippen molar-refractivity contribution in [2.45, 2.75) is 32.8 Å². The number of rotatable bonds is 4. The second-order valence-electron chi connectivity index (χ2n) is 3.47. The second-order valence-corrected chi connectivity index (χ2v) is 3.47. The number of carbonyl (C=O) groups excluding carboxylic acids is 1. The van der Waals surface area contributed by atoms with Crippen LogP contribution < -0.4 is 5.73 Å². The van der Waals surface area contributed by atoms with E-state index in [1.807, 2.05) is 13.8 Å². The Morgan fingerprint density at radius 2 is 2.40 bits per heavy atom. The summed E-state index contributed by atoms with van der Waals surface area (Å²) in [6.07, 6.45) is 4.72. The first-order valence-electron chi connectivity index (χ1n) is 5.05. The van der Waals surface area contributed by atoms with E-state index in [1.165, 1.54) is 6.20 Å². The minimum Gasteiger partial charge on any atom is -0.459 e. The fourth-order valence-electron chi connectivity index (χ4n) is 1.29. The van der Waals surface area contributed by atoms with Crippen molar-refractivity contribution in [3.63, 3.8) is 0 Å². The molecule has 0 aromatic carbocycles. The monoisotopic (exact) mass is 208 g/mol. The number of carbonyl (C=O) groups is 1. The van der Waals surface area contributed by atoms with Crippen molar-refractivity contribution in [2.75, 3.05) is 5.73 Å². The first-order chi connectivity index (χ1) is 7.15. The van der Waals surface area contributed by atoms with Crippen LogP contribution in [0.2, 0.25) is 0 Å². The van der Waals surface area contributed by atoms with E-state index in [4.69, 9.17) is 10.5 Å². The number of anilines is 1. The van der Waals surface area contributed by atoms with Gasteiger partial charge in [0.05, 0.1) is 6.10 Å². The highest BCUT2D eigenvalue weighted by Gasteiger charge is 2.13. The third-order valence-electron chi connectivity index (χ3n) is 2.08. The molecule has 15 heavy (non-hydrogen) atoms. The molecule has 0 saturated carbocycles. The molecule has 0 aliphatic heterocycles. The van der Waals surface area contributed by atoms with Crippen LogP contribution in [0.4, 0.5) is 5.69 Å². The lowest BCUT2D eigenvalue weighted by molar-refractivity contribution is 0.0324. The molecule has 1 aromatic rings. The second kappa shape index (κ2) is 5.34. The molecule has 0 spiro atoms. The third kappa shape index (κ3) is 3.23. The van der Waals surface area contributed by atoms with E-state index in [9.17, 15) is 4.79 Å². The molecular formula is C11H16N2O2. The number of hydrogen-bond donors (Lipinski definition) is 1. The summed E-state index contributed by atoms with van der Waals surface area (Å²) in [7, 11) is 0. The van der Waals surface area contributed by atoms with Gasteiger partial charge in [0.15, 0.2) is 0 Å². The molecule has 82 valence electrons. The molecule has 1 heterocycles. The summed E-state index contributed by atoms with van der Waals surface area (Å²) in [6, 6.07) is 1.58. The first-order valence-corrected chi connectivity index (χ1v) is 5.05. The lowest BCUT2D eigenvalue weighted by Crippen LogP contribution is -2.16. The Morgan fingerprint density at radius 1 is 1.67 bits per heavy atom. The third-order valence-corrected chi connectivity index (χ3v) is 2.08. The molecule has 1 atom stereocenters. The number of ether oxygens (including phenoxy) is 1. The van der Waals surface area contributed by atoms with E-state index in [-0.39, 0.29) is 6.10 Å². The molecule has 0 unspecified atom stereocenters. The number of nitrogen functional groups attached to an aromatic ring is 1. The quantitative estimate of drug-likeness (QED) is 0.769. The van der Waals surface area contributed by atoms with Crippen LogP contribution in [0.1, 0.15) is 37.0 Å².